The standard InChI is InChI=1S/C23H19ClN6/c1-14-7-18(5-6-28-14)23(20-9-19(24)12-29-21(20)22(25)30-23)17-4-2-3-15(8-17)16-10-26-13-27-11-16/h2-13,22,30H,25H2,1H3. The third-order valence-electron chi connectivity index (χ3n) is 5.47. The van der Waals surface area contributed by atoms with Crippen LogP contribution in [0.4, 0.5) is 0 Å². The molecule has 148 valence electrons. The monoisotopic (exact) mass is 414 g/mol. The van der Waals surface area contributed by atoms with Crippen LogP contribution in [-0.4, -0.2) is 19.9 Å². The van der Waals surface area contributed by atoms with Gasteiger partial charge in [0.2, 0.25) is 0 Å². The Balaban J connectivity index is 1.80. The van der Waals surface area contributed by atoms with Crippen molar-refractivity contribution >= 4 is 11.6 Å². The Hall–Kier alpha value is -3.19. The number of hydrogen-bond acceptors (Lipinski definition) is 6. The number of benzene rings is 1. The van der Waals surface area contributed by atoms with Gasteiger partial charge in [0.1, 0.15) is 12.5 Å². The van der Waals surface area contributed by atoms with E-state index in [0.29, 0.717) is 5.02 Å². The molecule has 0 fully saturated rings. The highest BCUT2D eigenvalue weighted by molar-refractivity contribution is 6.30. The summed E-state index contributed by atoms with van der Waals surface area (Å²) in [5.41, 5.74) is 12.4. The Morgan fingerprint density at radius 3 is 2.57 bits per heavy atom. The van der Waals surface area contributed by atoms with E-state index in [2.05, 4.69) is 43.5 Å². The van der Waals surface area contributed by atoms with Crippen molar-refractivity contribution in [2.24, 2.45) is 5.73 Å². The maximum absolute atomic E-state index is 6.48. The molecule has 0 saturated carbocycles. The summed E-state index contributed by atoms with van der Waals surface area (Å²) in [6, 6.07) is 14.3. The molecule has 3 N–H and O–H groups in total. The molecule has 30 heavy (non-hydrogen) atoms. The zero-order valence-electron chi connectivity index (χ0n) is 16.2. The summed E-state index contributed by atoms with van der Waals surface area (Å²) in [4.78, 5) is 17.2. The Morgan fingerprint density at radius 1 is 0.967 bits per heavy atom. The number of hydrogen-bond donors (Lipinski definition) is 2. The normalized spacial score (nSPS) is 20.2. The molecule has 4 heterocycles. The van der Waals surface area contributed by atoms with Crippen molar-refractivity contribution < 1.29 is 0 Å². The van der Waals surface area contributed by atoms with Crippen LogP contribution in [0.25, 0.3) is 11.1 Å². The fraction of sp³-hybridized carbons (Fsp3) is 0.130. The van der Waals surface area contributed by atoms with Gasteiger partial charge in [-0.1, -0.05) is 29.8 Å². The molecule has 0 aliphatic carbocycles. The van der Waals surface area contributed by atoms with Crippen LogP contribution in [0.5, 0.6) is 0 Å². The minimum atomic E-state index is -0.716. The summed E-state index contributed by atoms with van der Waals surface area (Å²) >= 11 is 6.37. The molecule has 0 amide bonds. The van der Waals surface area contributed by atoms with E-state index >= 15 is 0 Å². The lowest BCUT2D eigenvalue weighted by Crippen LogP contribution is -2.42. The average molecular weight is 415 g/mol. The zero-order valence-corrected chi connectivity index (χ0v) is 17.0. The highest BCUT2D eigenvalue weighted by atomic mass is 35.5. The number of nitrogens with two attached hydrogens (primary N) is 1. The fourth-order valence-corrected chi connectivity index (χ4v) is 4.34. The van der Waals surface area contributed by atoms with Crippen molar-refractivity contribution in [1.29, 1.82) is 0 Å². The molecule has 3 aromatic heterocycles. The van der Waals surface area contributed by atoms with E-state index in [9.17, 15) is 0 Å². The number of nitrogens with zero attached hydrogens (tertiary/aromatic N) is 4. The van der Waals surface area contributed by atoms with E-state index in [0.717, 1.165) is 39.2 Å². The predicted molar refractivity (Wildman–Crippen MR) is 116 cm³/mol. The molecule has 0 bridgehead atoms. The molecule has 0 spiro atoms. The number of fused-ring (bicyclic) bond motifs is 1. The van der Waals surface area contributed by atoms with Crippen LogP contribution in [0.15, 0.2) is 73.6 Å². The maximum Gasteiger partial charge on any atom is 0.115 e. The Kier molecular flexibility index (Phi) is 4.55. The first-order valence-corrected chi connectivity index (χ1v) is 9.94. The van der Waals surface area contributed by atoms with Gasteiger partial charge in [-0.2, -0.15) is 0 Å². The second-order valence-corrected chi connectivity index (χ2v) is 7.79. The smallest absolute Gasteiger partial charge is 0.115 e. The van der Waals surface area contributed by atoms with Crippen LogP contribution in [0.3, 0.4) is 0 Å². The van der Waals surface area contributed by atoms with Crippen LogP contribution in [0, 0.1) is 6.92 Å². The van der Waals surface area contributed by atoms with Crippen LogP contribution in [-0.2, 0) is 5.54 Å². The summed E-state index contributed by atoms with van der Waals surface area (Å²) in [7, 11) is 0. The van der Waals surface area contributed by atoms with Gasteiger partial charge in [0.25, 0.3) is 0 Å². The van der Waals surface area contributed by atoms with Crippen molar-refractivity contribution in [3.63, 3.8) is 0 Å². The molecular weight excluding hydrogens is 396 g/mol. The van der Waals surface area contributed by atoms with Crippen molar-refractivity contribution in [3.8, 4) is 11.1 Å². The molecule has 7 heteroatoms. The molecule has 6 nitrogen and oxygen atoms in total. The van der Waals surface area contributed by atoms with E-state index in [-0.39, 0.29) is 0 Å². The van der Waals surface area contributed by atoms with E-state index < -0.39 is 11.7 Å². The maximum atomic E-state index is 6.48. The van der Waals surface area contributed by atoms with Gasteiger partial charge in [0.15, 0.2) is 0 Å². The van der Waals surface area contributed by atoms with E-state index in [4.69, 9.17) is 17.3 Å². The predicted octanol–water partition coefficient (Wildman–Crippen LogP) is 3.75. The summed E-state index contributed by atoms with van der Waals surface area (Å²) < 4.78 is 0. The van der Waals surface area contributed by atoms with E-state index in [1.165, 1.54) is 6.33 Å². The number of nitrogens with one attached hydrogen (secondary N) is 1. The quantitative estimate of drug-likeness (QED) is 0.530. The summed E-state index contributed by atoms with van der Waals surface area (Å²) in [5, 5.41) is 4.16. The first-order chi connectivity index (χ1) is 14.6. The molecule has 1 aliphatic heterocycles. The van der Waals surface area contributed by atoms with Gasteiger partial charge < -0.3 is 5.73 Å². The highest BCUT2D eigenvalue weighted by Gasteiger charge is 2.46. The molecule has 2 unspecified atom stereocenters. The van der Waals surface area contributed by atoms with Gasteiger partial charge in [-0.15, -0.1) is 0 Å². The van der Waals surface area contributed by atoms with Gasteiger partial charge in [-0.3, -0.25) is 15.3 Å². The van der Waals surface area contributed by atoms with E-state index in [1.807, 2.05) is 37.4 Å². The topological polar surface area (TPSA) is 89.6 Å². The second kappa shape index (κ2) is 7.25. The molecule has 1 aromatic carbocycles. The molecule has 4 aromatic rings. The van der Waals surface area contributed by atoms with Crippen LogP contribution in [0.2, 0.25) is 5.02 Å². The fourth-order valence-electron chi connectivity index (χ4n) is 4.18. The SMILES string of the molecule is Cc1cc(C2(c3cccc(-c4cncnc4)c3)NC(N)c3ncc(Cl)cc32)ccn1. The van der Waals surface area contributed by atoms with Gasteiger partial charge in [-0.05, 0) is 47.9 Å². The molecule has 1 aliphatic rings. The number of pyridine rings is 2. The lowest BCUT2D eigenvalue weighted by molar-refractivity contribution is 0.453. The van der Waals surface area contributed by atoms with Crippen molar-refractivity contribution in [1.82, 2.24) is 25.3 Å². The van der Waals surface area contributed by atoms with Gasteiger partial charge >= 0.3 is 0 Å². The Labute approximate surface area is 179 Å². The zero-order chi connectivity index (χ0) is 20.7. The molecule has 0 radical (unpaired) electrons. The second-order valence-electron chi connectivity index (χ2n) is 7.35. The largest absolute Gasteiger partial charge is 0.311 e. The van der Waals surface area contributed by atoms with E-state index in [1.54, 1.807) is 18.6 Å². The molecular formula is C23H19ClN6. The third-order valence-corrected chi connectivity index (χ3v) is 5.68. The summed E-state index contributed by atoms with van der Waals surface area (Å²) in [6.45, 7) is 1.97. The Bertz CT molecular complexity index is 1230. The van der Waals surface area contributed by atoms with Gasteiger partial charge in [0.05, 0.1) is 16.3 Å². The van der Waals surface area contributed by atoms with Crippen LogP contribution >= 0.6 is 11.6 Å². The summed E-state index contributed by atoms with van der Waals surface area (Å²) in [6.07, 6.45) is 8.13. The first kappa shape index (κ1) is 18.8. The third kappa shape index (κ3) is 2.97. The number of aromatic nitrogens is 4. The van der Waals surface area contributed by atoms with Gasteiger partial charge in [0, 0.05) is 41.6 Å². The van der Waals surface area contributed by atoms with Crippen molar-refractivity contribution in [2.75, 3.05) is 0 Å². The first-order valence-electron chi connectivity index (χ1n) is 9.56. The van der Waals surface area contributed by atoms with Crippen molar-refractivity contribution in [3.05, 3.63) is 107 Å². The number of halogens is 1. The molecule has 0 saturated heterocycles. The summed E-state index contributed by atoms with van der Waals surface area (Å²) in [5.74, 6) is 0. The minimum Gasteiger partial charge on any atom is -0.311 e. The van der Waals surface area contributed by atoms with Crippen LogP contribution < -0.4 is 11.1 Å². The Morgan fingerprint density at radius 2 is 1.77 bits per heavy atom. The van der Waals surface area contributed by atoms with Gasteiger partial charge in [-0.25, -0.2) is 9.97 Å². The minimum absolute atomic E-state index is 0.436. The lowest BCUT2D eigenvalue weighted by atomic mass is 9.78. The molecule has 5 rings (SSSR count). The highest BCUT2D eigenvalue weighted by Crippen LogP contribution is 2.46. The molecule has 2 atom stereocenters. The average Bonchev–Trinajstić information content (AvgIpc) is 3.07. The van der Waals surface area contributed by atoms with Crippen LogP contribution in [0.1, 0.15) is 34.2 Å². The lowest BCUT2D eigenvalue weighted by Gasteiger charge is -2.33. The number of rotatable bonds is 3. The number of aryl methyl sites for hydroxylation is 1. The van der Waals surface area contributed by atoms with Crippen molar-refractivity contribution in [2.45, 2.75) is 18.6 Å².